The molecule has 0 aromatic heterocycles. The first-order chi connectivity index (χ1) is 16.9. The van der Waals surface area contributed by atoms with Gasteiger partial charge in [0.05, 0.1) is 12.7 Å². The highest BCUT2D eigenvalue weighted by molar-refractivity contribution is 5.65. The van der Waals surface area contributed by atoms with E-state index < -0.39 is 17.7 Å². The monoisotopic (exact) mass is 482 g/mol. The van der Waals surface area contributed by atoms with Crippen LogP contribution in [0.25, 0.3) is 11.1 Å². The number of hydrogen-bond acceptors (Lipinski definition) is 2. The summed E-state index contributed by atoms with van der Waals surface area (Å²) in [6.07, 6.45) is 4.69. The quantitative estimate of drug-likeness (QED) is 0.351. The molecule has 1 saturated carbocycles. The van der Waals surface area contributed by atoms with Crippen LogP contribution in [0.3, 0.4) is 0 Å². The van der Waals surface area contributed by atoms with E-state index in [0.29, 0.717) is 23.7 Å². The van der Waals surface area contributed by atoms with E-state index in [2.05, 4.69) is 0 Å². The van der Waals surface area contributed by atoms with Crippen molar-refractivity contribution in [3.63, 3.8) is 0 Å². The zero-order valence-corrected chi connectivity index (χ0v) is 20.4. The third-order valence-corrected chi connectivity index (χ3v) is 7.24. The molecular weight excluding hydrogens is 449 g/mol. The van der Waals surface area contributed by atoms with E-state index in [4.69, 9.17) is 4.74 Å². The summed E-state index contributed by atoms with van der Waals surface area (Å²) in [5.41, 5.74) is 2.97. The van der Waals surface area contributed by atoms with Crippen molar-refractivity contribution in [1.29, 1.82) is 0 Å². The molecule has 3 aromatic rings. The lowest BCUT2D eigenvalue weighted by atomic mass is 9.76. The maximum absolute atomic E-state index is 15.1. The van der Waals surface area contributed by atoms with Crippen LogP contribution < -0.4 is 4.74 Å². The van der Waals surface area contributed by atoms with Gasteiger partial charge < -0.3 is 9.84 Å². The summed E-state index contributed by atoms with van der Waals surface area (Å²) in [6.45, 7) is 3.93. The lowest BCUT2D eigenvalue weighted by molar-refractivity contribution is 0.199. The minimum absolute atomic E-state index is 0.00957. The SMILES string of the molecule is CCOc1ccc(CCC2CCC(c3ccc(-c4ccc(C(C)O)cc4)c(F)c3F)CC2)cc1F. The smallest absolute Gasteiger partial charge is 0.166 e. The summed E-state index contributed by atoms with van der Waals surface area (Å²) in [5.74, 6) is -1.10. The Morgan fingerprint density at radius 1 is 0.914 bits per heavy atom. The van der Waals surface area contributed by atoms with Crippen molar-refractivity contribution in [2.45, 2.75) is 64.4 Å². The third kappa shape index (κ3) is 5.90. The maximum atomic E-state index is 15.1. The van der Waals surface area contributed by atoms with Gasteiger partial charge in [-0.3, -0.25) is 0 Å². The largest absolute Gasteiger partial charge is 0.491 e. The van der Waals surface area contributed by atoms with Gasteiger partial charge >= 0.3 is 0 Å². The fraction of sp³-hybridized carbons (Fsp3) is 0.400. The van der Waals surface area contributed by atoms with Crippen LogP contribution >= 0.6 is 0 Å². The van der Waals surface area contributed by atoms with Gasteiger partial charge in [0.15, 0.2) is 23.2 Å². The molecule has 35 heavy (non-hydrogen) atoms. The Bertz CT molecular complexity index is 1130. The summed E-state index contributed by atoms with van der Waals surface area (Å²) in [4.78, 5) is 0. The number of hydrogen-bond donors (Lipinski definition) is 1. The average Bonchev–Trinajstić information content (AvgIpc) is 2.86. The second-order valence-corrected chi connectivity index (χ2v) is 9.58. The minimum Gasteiger partial charge on any atom is -0.491 e. The van der Waals surface area contributed by atoms with Gasteiger partial charge in [0, 0.05) is 5.56 Å². The Morgan fingerprint density at radius 3 is 2.26 bits per heavy atom. The van der Waals surface area contributed by atoms with Gasteiger partial charge in [-0.2, -0.15) is 0 Å². The normalized spacial score (nSPS) is 18.9. The molecule has 0 radical (unpaired) electrons. The summed E-state index contributed by atoms with van der Waals surface area (Å²) < 4.78 is 49.4. The summed E-state index contributed by atoms with van der Waals surface area (Å²) in [5, 5.41) is 9.66. The fourth-order valence-corrected chi connectivity index (χ4v) is 5.15. The first-order valence-electron chi connectivity index (χ1n) is 12.5. The van der Waals surface area contributed by atoms with Crippen LogP contribution in [-0.2, 0) is 6.42 Å². The predicted molar refractivity (Wildman–Crippen MR) is 133 cm³/mol. The van der Waals surface area contributed by atoms with Gasteiger partial charge in [-0.05, 0) is 98.6 Å². The van der Waals surface area contributed by atoms with E-state index in [-0.39, 0.29) is 23.0 Å². The van der Waals surface area contributed by atoms with Gasteiger partial charge in [0.1, 0.15) is 0 Å². The molecule has 0 heterocycles. The van der Waals surface area contributed by atoms with E-state index >= 15 is 4.39 Å². The summed E-state index contributed by atoms with van der Waals surface area (Å²) in [7, 11) is 0. The molecule has 0 saturated heterocycles. The highest BCUT2D eigenvalue weighted by Crippen LogP contribution is 2.40. The Morgan fingerprint density at radius 2 is 1.63 bits per heavy atom. The second-order valence-electron chi connectivity index (χ2n) is 9.58. The van der Waals surface area contributed by atoms with E-state index in [9.17, 15) is 13.9 Å². The number of ether oxygens (including phenoxy) is 1. The molecule has 5 heteroatoms. The molecule has 0 aliphatic heterocycles. The van der Waals surface area contributed by atoms with Crippen molar-refractivity contribution in [2.75, 3.05) is 6.61 Å². The van der Waals surface area contributed by atoms with Gasteiger partial charge in [0.2, 0.25) is 0 Å². The molecule has 1 unspecified atom stereocenters. The van der Waals surface area contributed by atoms with E-state index in [1.165, 1.54) is 0 Å². The van der Waals surface area contributed by atoms with E-state index in [1.54, 1.807) is 55.5 Å². The Kier molecular flexibility index (Phi) is 8.17. The lowest BCUT2D eigenvalue weighted by Gasteiger charge is -2.29. The average molecular weight is 483 g/mol. The number of aliphatic hydroxyl groups excluding tert-OH is 1. The molecule has 186 valence electrons. The van der Waals surface area contributed by atoms with Crippen LogP contribution in [0.5, 0.6) is 5.75 Å². The van der Waals surface area contributed by atoms with Crippen molar-refractivity contribution in [3.05, 3.63) is 88.7 Å². The summed E-state index contributed by atoms with van der Waals surface area (Å²) >= 11 is 0. The van der Waals surface area contributed by atoms with E-state index in [1.807, 2.05) is 13.0 Å². The molecule has 1 aliphatic carbocycles. The van der Waals surface area contributed by atoms with Crippen molar-refractivity contribution in [3.8, 4) is 16.9 Å². The molecule has 1 aliphatic rings. The van der Waals surface area contributed by atoms with Crippen LogP contribution in [0, 0.1) is 23.4 Å². The predicted octanol–water partition coefficient (Wildman–Crippen LogP) is 8.13. The van der Waals surface area contributed by atoms with E-state index in [0.717, 1.165) is 49.7 Å². The van der Waals surface area contributed by atoms with Crippen molar-refractivity contribution < 1.29 is 23.0 Å². The topological polar surface area (TPSA) is 29.5 Å². The van der Waals surface area contributed by atoms with Crippen molar-refractivity contribution in [1.82, 2.24) is 0 Å². The standard InChI is InChI=1S/C30H33F3O2/c1-3-35-28-17-8-21(18-27(28)31)5-4-20-6-9-23(10-7-20)25-15-16-26(30(33)29(25)32)24-13-11-22(12-14-24)19(2)34/h8,11-20,23,34H,3-7,9-10H2,1-2H3. The highest BCUT2D eigenvalue weighted by atomic mass is 19.2. The van der Waals surface area contributed by atoms with Gasteiger partial charge in [0.25, 0.3) is 0 Å². The zero-order valence-electron chi connectivity index (χ0n) is 20.4. The molecule has 2 nitrogen and oxygen atoms in total. The lowest BCUT2D eigenvalue weighted by Crippen LogP contribution is -2.15. The Labute approximate surface area is 205 Å². The van der Waals surface area contributed by atoms with Crippen LogP contribution in [-0.4, -0.2) is 11.7 Å². The van der Waals surface area contributed by atoms with Gasteiger partial charge in [-0.1, -0.05) is 42.5 Å². The minimum atomic E-state index is -0.813. The molecule has 0 spiro atoms. The fourth-order valence-electron chi connectivity index (χ4n) is 5.15. The molecule has 4 rings (SSSR count). The molecule has 1 atom stereocenters. The van der Waals surface area contributed by atoms with Crippen LogP contribution in [0.1, 0.15) is 74.7 Å². The number of benzene rings is 3. The van der Waals surface area contributed by atoms with Crippen molar-refractivity contribution >= 4 is 0 Å². The van der Waals surface area contributed by atoms with Crippen LogP contribution in [0.2, 0.25) is 0 Å². The number of aryl methyl sites for hydroxylation is 1. The highest BCUT2D eigenvalue weighted by Gasteiger charge is 2.26. The second kappa shape index (κ2) is 11.3. The maximum Gasteiger partial charge on any atom is 0.166 e. The number of rotatable bonds is 8. The first kappa shape index (κ1) is 25.3. The van der Waals surface area contributed by atoms with Crippen molar-refractivity contribution in [2.24, 2.45) is 5.92 Å². The zero-order chi connectivity index (χ0) is 24.9. The molecule has 0 amide bonds. The Balaban J connectivity index is 1.36. The number of aliphatic hydroxyl groups is 1. The molecule has 0 bridgehead atoms. The molecule has 3 aromatic carbocycles. The van der Waals surface area contributed by atoms with Gasteiger partial charge in [-0.15, -0.1) is 0 Å². The first-order valence-corrected chi connectivity index (χ1v) is 12.5. The van der Waals surface area contributed by atoms with Crippen LogP contribution in [0.15, 0.2) is 54.6 Å². The molecular formula is C30H33F3O2. The Hall–Kier alpha value is -2.79. The van der Waals surface area contributed by atoms with Crippen LogP contribution in [0.4, 0.5) is 13.2 Å². The summed E-state index contributed by atoms with van der Waals surface area (Å²) in [6, 6.07) is 15.4. The number of halogens is 3. The third-order valence-electron chi connectivity index (χ3n) is 7.24. The molecule has 1 N–H and O–H groups in total. The van der Waals surface area contributed by atoms with Gasteiger partial charge in [-0.25, -0.2) is 13.2 Å². The molecule has 1 fully saturated rings.